The fourth-order valence-electron chi connectivity index (χ4n) is 1.37. The molecule has 1 aromatic carbocycles. The van der Waals surface area contributed by atoms with Crippen LogP contribution in [0.3, 0.4) is 0 Å². The summed E-state index contributed by atoms with van der Waals surface area (Å²) in [4.78, 5) is 18.3. The average molecular weight is 248 g/mol. The lowest BCUT2D eigenvalue weighted by molar-refractivity contribution is -0.136. The second-order valence-electron chi connectivity index (χ2n) is 3.50. The van der Waals surface area contributed by atoms with Crippen molar-refractivity contribution in [1.82, 2.24) is 9.97 Å². The molecule has 1 heterocycles. The van der Waals surface area contributed by atoms with Crippen molar-refractivity contribution in [3.8, 4) is 0 Å². The molecule has 0 atom stereocenters. The van der Waals surface area contributed by atoms with Crippen LogP contribution in [0.5, 0.6) is 0 Å². The van der Waals surface area contributed by atoms with Gasteiger partial charge in [0.1, 0.15) is 5.76 Å². The third-order valence-electron chi connectivity index (χ3n) is 2.01. The van der Waals surface area contributed by atoms with Gasteiger partial charge in [0.05, 0.1) is 11.0 Å². The molecule has 0 saturated heterocycles. The third-order valence-corrected chi connectivity index (χ3v) is 2.88. The molecule has 1 N–H and O–H groups in total. The first-order chi connectivity index (χ1) is 8.15. The third kappa shape index (κ3) is 3.10. The van der Waals surface area contributed by atoms with Crippen LogP contribution in [-0.4, -0.2) is 15.9 Å². The number of carbonyl (C=O) groups is 1. The fraction of sp³-hybridized carbons (Fsp3) is 0.167. The Morgan fingerprint density at radius 3 is 2.88 bits per heavy atom. The molecule has 17 heavy (non-hydrogen) atoms. The first-order valence-corrected chi connectivity index (χ1v) is 6.00. The molecule has 0 unspecified atom stereocenters. The zero-order chi connectivity index (χ0) is 12.3. The molecule has 0 aliphatic heterocycles. The first kappa shape index (κ1) is 11.7. The number of para-hydroxylation sites is 2. The predicted molar refractivity (Wildman–Crippen MR) is 67.5 cm³/mol. The van der Waals surface area contributed by atoms with Gasteiger partial charge in [-0.05, 0) is 19.1 Å². The summed E-state index contributed by atoms with van der Waals surface area (Å²) in [6, 6.07) is 7.81. The van der Waals surface area contributed by atoms with E-state index in [9.17, 15) is 4.79 Å². The maximum atomic E-state index is 10.7. The molecule has 0 radical (unpaired) electrons. The summed E-state index contributed by atoms with van der Waals surface area (Å²) < 4.78 is 4.91. The Morgan fingerprint density at radius 1 is 1.41 bits per heavy atom. The fourth-order valence-corrected chi connectivity index (χ4v) is 2.02. The molecular weight excluding hydrogens is 236 g/mol. The van der Waals surface area contributed by atoms with E-state index in [1.165, 1.54) is 18.7 Å². The number of ether oxygens (including phenoxy) is 1. The number of carbonyl (C=O) groups excluding carboxylic acids is 1. The maximum absolute atomic E-state index is 10.7. The summed E-state index contributed by atoms with van der Waals surface area (Å²) in [6.07, 6.45) is 0. The predicted octanol–water partition coefficient (Wildman–Crippen LogP) is 3.08. The second kappa shape index (κ2) is 5.05. The number of allylic oxidation sites excluding steroid dienone is 1. The molecular formula is C12H12N2O2S. The SMILES string of the molecule is CC(=O)OC(C)=CSc1nc2ccccc2[nH]1. The summed E-state index contributed by atoms with van der Waals surface area (Å²) in [5.74, 6) is 0.243. The molecule has 0 spiro atoms. The molecule has 4 nitrogen and oxygen atoms in total. The molecule has 2 rings (SSSR count). The largest absolute Gasteiger partial charge is 0.431 e. The number of aromatic amines is 1. The highest BCUT2D eigenvalue weighted by molar-refractivity contribution is 8.02. The standard InChI is InChI=1S/C12H12N2O2S/c1-8(16-9(2)15)7-17-12-13-10-5-3-4-6-11(10)14-12/h3-7H,1-2H3,(H,13,14). The van der Waals surface area contributed by atoms with Crippen LogP contribution in [0, 0.1) is 0 Å². The van der Waals surface area contributed by atoms with Gasteiger partial charge in [-0.3, -0.25) is 4.79 Å². The molecule has 88 valence electrons. The van der Waals surface area contributed by atoms with E-state index in [1.54, 1.807) is 12.3 Å². The van der Waals surface area contributed by atoms with Crippen LogP contribution in [-0.2, 0) is 9.53 Å². The van der Waals surface area contributed by atoms with E-state index in [2.05, 4.69) is 9.97 Å². The van der Waals surface area contributed by atoms with E-state index in [0.29, 0.717) is 5.76 Å². The van der Waals surface area contributed by atoms with Crippen molar-refractivity contribution < 1.29 is 9.53 Å². The number of esters is 1. The summed E-state index contributed by atoms with van der Waals surface area (Å²) in [6.45, 7) is 3.11. The monoisotopic (exact) mass is 248 g/mol. The highest BCUT2D eigenvalue weighted by Gasteiger charge is 2.02. The minimum absolute atomic E-state index is 0.316. The number of nitrogens with one attached hydrogen (secondary N) is 1. The van der Waals surface area contributed by atoms with Crippen molar-refractivity contribution in [2.45, 2.75) is 19.0 Å². The number of thioether (sulfide) groups is 1. The lowest BCUT2D eigenvalue weighted by atomic mass is 10.3. The van der Waals surface area contributed by atoms with Gasteiger partial charge in [-0.25, -0.2) is 4.98 Å². The number of hydrogen-bond donors (Lipinski definition) is 1. The van der Waals surface area contributed by atoms with E-state index in [4.69, 9.17) is 4.74 Å². The number of nitrogens with zero attached hydrogens (tertiary/aromatic N) is 1. The number of imidazole rings is 1. The zero-order valence-electron chi connectivity index (χ0n) is 9.56. The number of H-pyrrole nitrogens is 1. The molecule has 2 aromatic rings. The van der Waals surface area contributed by atoms with E-state index >= 15 is 0 Å². The Kier molecular flexibility index (Phi) is 3.49. The number of fused-ring (bicyclic) bond motifs is 1. The van der Waals surface area contributed by atoms with Crippen LogP contribution < -0.4 is 0 Å². The lowest BCUT2D eigenvalue weighted by Gasteiger charge is -1.98. The second-order valence-corrected chi connectivity index (χ2v) is 4.36. The van der Waals surface area contributed by atoms with Crippen molar-refractivity contribution >= 4 is 28.8 Å². The van der Waals surface area contributed by atoms with Crippen LogP contribution in [0.15, 0.2) is 40.6 Å². The molecule has 0 amide bonds. The van der Waals surface area contributed by atoms with Gasteiger partial charge in [0, 0.05) is 12.3 Å². The summed E-state index contributed by atoms with van der Waals surface area (Å²) in [5.41, 5.74) is 1.92. The number of benzene rings is 1. The molecule has 0 fully saturated rings. The Hall–Kier alpha value is -1.75. The summed E-state index contributed by atoms with van der Waals surface area (Å²) in [7, 11) is 0. The number of hydrogen-bond acceptors (Lipinski definition) is 4. The van der Waals surface area contributed by atoms with Crippen molar-refractivity contribution in [3.05, 3.63) is 35.4 Å². The Morgan fingerprint density at radius 2 is 2.18 bits per heavy atom. The highest BCUT2D eigenvalue weighted by Crippen LogP contribution is 2.21. The lowest BCUT2D eigenvalue weighted by Crippen LogP contribution is -1.94. The molecule has 0 aliphatic carbocycles. The van der Waals surface area contributed by atoms with Crippen molar-refractivity contribution in [3.63, 3.8) is 0 Å². The summed E-state index contributed by atoms with van der Waals surface area (Å²) in [5, 5.41) is 2.52. The molecule has 0 bridgehead atoms. The maximum Gasteiger partial charge on any atom is 0.307 e. The topological polar surface area (TPSA) is 55.0 Å². The quantitative estimate of drug-likeness (QED) is 0.515. The van der Waals surface area contributed by atoms with Gasteiger partial charge in [0.2, 0.25) is 0 Å². The Labute approximate surface area is 103 Å². The Bertz CT molecular complexity index is 542. The average Bonchev–Trinajstić information content (AvgIpc) is 2.68. The van der Waals surface area contributed by atoms with Crippen LogP contribution in [0.4, 0.5) is 0 Å². The first-order valence-electron chi connectivity index (χ1n) is 5.12. The van der Waals surface area contributed by atoms with Gasteiger partial charge in [-0.15, -0.1) is 0 Å². The van der Waals surface area contributed by atoms with Gasteiger partial charge >= 0.3 is 5.97 Å². The number of aromatic nitrogens is 2. The molecule has 5 heteroatoms. The summed E-state index contributed by atoms with van der Waals surface area (Å²) >= 11 is 1.39. The van der Waals surface area contributed by atoms with Crippen LogP contribution in [0.25, 0.3) is 11.0 Å². The van der Waals surface area contributed by atoms with E-state index < -0.39 is 0 Å². The van der Waals surface area contributed by atoms with Crippen molar-refractivity contribution in [2.24, 2.45) is 0 Å². The van der Waals surface area contributed by atoms with Gasteiger partial charge in [0.25, 0.3) is 0 Å². The van der Waals surface area contributed by atoms with Gasteiger partial charge < -0.3 is 9.72 Å². The minimum atomic E-state index is -0.316. The van der Waals surface area contributed by atoms with Crippen LogP contribution in [0.2, 0.25) is 0 Å². The van der Waals surface area contributed by atoms with Crippen LogP contribution in [0.1, 0.15) is 13.8 Å². The van der Waals surface area contributed by atoms with Gasteiger partial charge in [-0.1, -0.05) is 23.9 Å². The normalized spacial score (nSPS) is 11.8. The van der Waals surface area contributed by atoms with Crippen molar-refractivity contribution in [2.75, 3.05) is 0 Å². The zero-order valence-corrected chi connectivity index (χ0v) is 10.4. The van der Waals surface area contributed by atoms with E-state index in [0.717, 1.165) is 16.2 Å². The molecule has 0 saturated carbocycles. The number of rotatable bonds is 3. The molecule has 1 aromatic heterocycles. The van der Waals surface area contributed by atoms with Crippen LogP contribution >= 0.6 is 11.8 Å². The Balaban J connectivity index is 2.11. The highest BCUT2D eigenvalue weighted by atomic mass is 32.2. The van der Waals surface area contributed by atoms with E-state index in [1.807, 2.05) is 24.3 Å². The minimum Gasteiger partial charge on any atom is -0.431 e. The van der Waals surface area contributed by atoms with Gasteiger partial charge in [-0.2, -0.15) is 0 Å². The van der Waals surface area contributed by atoms with Crippen molar-refractivity contribution in [1.29, 1.82) is 0 Å². The van der Waals surface area contributed by atoms with E-state index in [-0.39, 0.29) is 5.97 Å². The van der Waals surface area contributed by atoms with Gasteiger partial charge in [0.15, 0.2) is 5.16 Å². The smallest absolute Gasteiger partial charge is 0.307 e. The molecule has 0 aliphatic rings.